The molecule has 3 rings (SSSR count). The molecule has 1 aliphatic heterocycles. The fourth-order valence-corrected chi connectivity index (χ4v) is 4.32. The zero-order valence-corrected chi connectivity index (χ0v) is 14.0. The lowest BCUT2D eigenvalue weighted by atomic mass is 9.93. The van der Waals surface area contributed by atoms with Crippen LogP contribution in [0.4, 0.5) is 0 Å². The van der Waals surface area contributed by atoms with Crippen molar-refractivity contribution < 1.29 is 9.53 Å². The van der Waals surface area contributed by atoms with Crippen LogP contribution in [0.15, 0.2) is 65.6 Å². The minimum Gasteiger partial charge on any atom is -0.465 e. The van der Waals surface area contributed by atoms with Crippen LogP contribution in [0, 0.1) is 5.92 Å². The lowest BCUT2D eigenvalue weighted by Crippen LogP contribution is -2.32. The second-order valence-electron chi connectivity index (χ2n) is 5.91. The highest BCUT2D eigenvalue weighted by Crippen LogP contribution is 2.35. The van der Waals surface area contributed by atoms with Gasteiger partial charge in [-0.3, -0.25) is 4.79 Å². The molecule has 1 saturated heterocycles. The highest BCUT2D eigenvalue weighted by atomic mass is 32.2. The molecule has 0 aliphatic carbocycles. The molecule has 0 spiro atoms. The number of carbonyl (C=O) groups excluding carboxylic acids is 1. The molecule has 2 aromatic rings. The molecule has 2 atom stereocenters. The average Bonchev–Trinajstić information content (AvgIpc) is 2.61. The summed E-state index contributed by atoms with van der Waals surface area (Å²) in [5.41, 5.74) is 1.33. The van der Waals surface area contributed by atoms with Gasteiger partial charge in [0.2, 0.25) is 0 Å². The molecule has 1 fully saturated rings. The van der Waals surface area contributed by atoms with Gasteiger partial charge in [0, 0.05) is 10.1 Å². The van der Waals surface area contributed by atoms with E-state index in [1.807, 2.05) is 23.9 Å². The van der Waals surface area contributed by atoms with Crippen LogP contribution < -0.4 is 0 Å². The van der Waals surface area contributed by atoms with E-state index in [9.17, 15) is 4.79 Å². The molecule has 1 heterocycles. The maximum absolute atomic E-state index is 12.2. The summed E-state index contributed by atoms with van der Waals surface area (Å²) in [6.07, 6.45) is 3.91. The van der Waals surface area contributed by atoms with Gasteiger partial charge in [0.15, 0.2) is 0 Å². The first-order valence-corrected chi connectivity index (χ1v) is 9.13. The highest BCUT2D eigenvalue weighted by molar-refractivity contribution is 8.00. The Bertz CT molecular complexity index is 612. The predicted molar refractivity (Wildman–Crippen MR) is 94.5 cm³/mol. The van der Waals surface area contributed by atoms with E-state index < -0.39 is 0 Å². The van der Waals surface area contributed by atoms with Crippen LogP contribution in [0.5, 0.6) is 0 Å². The second kappa shape index (κ2) is 8.21. The number of hydrogen-bond donors (Lipinski definition) is 0. The lowest BCUT2D eigenvalue weighted by Gasteiger charge is -2.28. The van der Waals surface area contributed by atoms with Crippen LogP contribution in [-0.2, 0) is 16.0 Å². The third kappa shape index (κ3) is 4.61. The van der Waals surface area contributed by atoms with Crippen LogP contribution in [-0.4, -0.2) is 17.8 Å². The van der Waals surface area contributed by atoms with E-state index in [-0.39, 0.29) is 17.1 Å². The van der Waals surface area contributed by atoms with Gasteiger partial charge >= 0.3 is 5.97 Å². The van der Waals surface area contributed by atoms with Crippen LogP contribution in [0.25, 0.3) is 0 Å². The van der Waals surface area contributed by atoms with E-state index in [1.54, 1.807) is 0 Å². The predicted octanol–water partition coefficient (Wildman–Crippen LogP) is 4.73. The maximum Gasteiger partial charge on any atom is 0.310 e. The number of benzene rings is 2. The molecular weight excluding hydrogens is 304 g/mol. The smallest absolute Gasteiger partial charge is 0.310 e. The van der Waals surface area contributed by atoms with Crippen LogP contribution >= 0.6 is 11.8 Å². The number of aryl methyl sites for hydroxylation is 1. The summed E-state index contributed by atoms with van der Waals surface area (Å²) in [4.78, 5) is 13.4. The number of thioether (sulfide) groups is 1. The number of ether oxygens (including phenoxy) is 1. The SMILES string of the molecule is O=C1OCCCC1C(CCc1ccccc1)Sc1ccccc1. The van der Waals surface area contributed by atoms with Gasteiger partial charge in [0.05, 0.1) is 12.5 Å². The molecule has 2 unspecified atom stereocenters. The van der Waals surface area contributed by atoms with Crippen LogP contribution in [0.2, 0.25) is 0 Å². The van der Waals surface area contributed by atoms with Crippen LogP contribution in [0.3, 0.4) is 0 Å². The topological polar surface area (TPSA) is 26.3 Å². The van der Waals surface area contributed by atoms with Crippen molar-refractivity contribution in [3.63, 3.8) is 0 Å². The molecule has 0 bridgehead atoms. The molecule has 0 amide bonds. The van der Waals surface area contributed by atoms with Crippen molar-refractivity contribution in [2.24, 2.45) is 5.92 Å². The summed E-state index contributed by atoms with van der Waals surface area (Å²) in [6, 6.07) is 20.9. The van der Waals surface area contributed by atoms with E-state index >= 15 is 0 Å². The van der Waals surface area contributed by atoms with Gasteiger partial charge in [0.25, 0.3) is 0 Å². The van der Waals surface area contributed by atoms with Crippen molar-refractivity contribution in [2.75, 3.05) is 6.61 Å². The number of esters is 1. The Morgan fingerprint density at radius 3 is 2.43 bits per heavy atom. The van der Waals surface area contributed by atoms with Crippen LogP contribution in [0.1, 0.15) is 24.8 Å². The highest BCUT2D eigenvalue weighted by Gasteiger charge is 2.32. The van der Waals surface area contributed by atoms with Gasteiger partial charge in [-0.25, -0.2) is 0 Å². The van der Waals surface area contributed by atoms with Gasteiger partial charge in [-0.15, -0.1) is 11.8 Å². The molecule has 0 radical (unpaired) electrons. The molecular formula is C20H22O2S. The fourth-order valence-electron chi connectivity index (χ4n) is 3.01. The average molecular weight is 326 g/mol. The summed E-state index contributed by atoms with van der Waals surface area (Å²) in [5, 5.41) is 0.269. The third-order valence-corrected chi connectivity index (χ3v) is 5.66. The Hall–Kier alpha value is -1.74. The first-order valence-electron chi connectivity index (χ1n) is 8.25. The minimum atomic E-state index is -0.0160. The van der Waals surface area contributed by atoms with Gasteiger partial charge in [-0.2, -0.15) is 0 Å². The third-order valence-electron chi connectivity index (χ3n) is 4.25. The Labute approximate surface area is 142 Å². The first kappa shape index (κ1) is 16.1. The molecule has 3 heteroatoms. The van der Waals surface area contributed by atoms with Gasteiger partial charge in [0.1, 0.15) is 0 Å². The Kier molecular flexibility index (Phi) is 5.76. The zero-order chi connectivity index (χ0) is 15.9. The molecule has 23 heavy (non-hydrogen) atoms. The molecule has 120 valence electrons. The Morgan fingerprint density at radius 2 is 1.74 bits per heavy atom. The standard InChI is InChI=1S/C20H22O2S/c21-20-18(12-7-15-22-20)19(23-17-10-5-2-6-11-17)14-13-16-8-3-1-4-9-16/h1-6,8-11,18-19H,7,12-15H2. The fraction of sp³-hybridized carbons (Fsp3) is 0.350. The number of carbonyl (C=O) groups is 1. The van der Waals surface area contributed by atoms with Gasteiger partial charge < -0.3 is 4.74 Å². The van der Waals surface area contributed by atoms with Crippen molar-refractivity contribution in [1.82, 2.24) is 0 Å². The number of hydrogen-bond acceptors (Lipinski definition) is 3. The van der Waals surface area contributed by atoms with Crippen molar-refractivity contribution in [1.29, 1.82) is 0 Å². The van der Waals surface area contributed by atoms with Gasteiger partial charge in [-0.1, -0.05) is 48.5 Å². The molecule has 2 nitrogen and oxygen atoms in total. The lowest BCUT2D eigenvalue weighted by molar-refractivity contribution is -0.152. The maximum atomic E-state index is 12.2. The molecule has 0 saturated carbocycles. The minimum absolute atomic E-state index is 0.0117. The van der Waals surface area contributed by atoms with E-state index in [0.717, 1.165) is 25.7 Å². The molecule has 1 aliphatic rings. The summed E-state index contributed by atoms with van der Waals surface area (Å²) in [5.74, 6) is -0.00425. The number of cyclic esters (lactones) is 1. The quantitative estimate of drug-likeness (QED) is 0.567. The summed E-state index contributed by atoms with van der Waals surface area (Å²) in [7, 11) is 0. The van der Waals surface area contributed by atoms with Crippen molar-refractivity contribution >= 4 is 17.7 Å². The van der Waals surface area contributed by atoms with Crippen molar-refractivity contribution in [3.05, 3.63) is 66.2 Å². The second-order valence-corrected chi connectivity index (χ2v) is 7.22. The largest absolute Gasteiger partial charge is 0.465 e. The zero-order valence-electron chi connectivity index (χ0n) is 13.2. The van der Waals surface area contributed by atoms with E-state index in [1.165, 1.54) is 10.5 Å². The summed E-state index contributed by atoms with van der Waals surface area (Å²) < 4.78 is 5.31. The van der Waals surface area contributed by atoms with Crippen molar-refractivity contribution in [2.45, 2.75) is 35.8 Å². The molecule has 0 aromatic heterocycles. The monoisotopic (exact) mass is 326 g/mol. The van der Waals surface area contributed by atoms with E-state index in [0.29, 0.717) is 6.61 Å². The first-order chi connectivity index (χ1) is 11.3. The van der Waals surface area contributed by atoms with Gasteiger partial charge in [-0.05, 0) is 43.4 Å². The summed E-state index contributed by atoms with van der Waals surface area (Å²) >= 11 is 1.82. The van der Waals surface area contributed by atoms with E-state index in [2.05, 4.69) is 48.5 Å². The molecule has 2 aromatic carbocycles. The number of rotatable bonds is 6. The molecule has 0 N–H and O–H groups in total. The summed E-state index contributed by atoms with van der Waals surface area (Å²) in [6.45, 7) is 0.580. The Morgan fingerprint density at radius 1 is 1.04 bits per heavy atom. The van der Waals surface area contributed by atoms with E-state index in [4.69, 9.17) is 4.74 Å². The van der Waals surface area contributed by atoms with Crippen molar-refractivity contribution in [3.8, 4) is 0 Å². The Balaban J connectivity index is 1.71. The normalized spacial score (nSPS) is 19.1.